The second-order valence-corrected chi connectivity index (χ2v) is 11.3. The molecule has 0 heterocycles. The zero-order chi connectivity index (χ0) is 27.6. The SMILES string of the molecule is C1=Cc2ccc(-c3ccc(-c4c5ccccc5c(-c5ccc6ccccc6c5)c5ccccc45)cc3)c3cccc1c23.[HH].[HH]. The molecule has 1 aliphatic rings. The molecular formula is C42H30. The van der Waals surface area contributed by atoms with E-state index in [-0.39, 0.29) is 2.85 Å². The Hall–Kier alpha value is -5.46. The molecule has 0 spiro atoms. The lowest BCUT2D eigenvalue weighted by molar-refractivity contribution is 1.63. The van der Waals surface area contributed by atoms with Crippen LogP contribution < -0.4 is 0 Å². The minimum Gasteiger partial charge on any atom is -0.0616 e. The molecule has 9 rings (SSSR count). The van der Waals surface area contributed by atoms with Crippen LogP contribution >= 0.6 is 0 Å². The van der Waals surface area contributed by atoms with Crippen LogP contribution in [-0.2, 0) is 0 Å². The summed E-state index contributed by atoms with van der Waals surface area (Å²) in [7, 11) is 0. The molecule has 8 aromatic carbocycles. The van der Waals surface area contributed by atoms with E-state index in [1.54, 1.807) is 0 Å². The average Bonchev–Trinajstić information content (AvgIpc) is 3.48. The molecule has 0 saturated heterocycles. The van der Waals surface area contributed by atoms with Gasteiger partial charge in [0.1, 0.15) is 0 Å². The highest BCUT2D eigenvalue weighted by atomic mass is 14.2. The first-order valence-electron chi connectivity index (χ1n) is 14.6. The maximum atomic E-state index is 2.34. The van der Waals surface area contributed by atoms with Gasteiger partial charge in [-0.15, -0.1) is 0 Å². The van der Waals surface area contributed by atoms with E-state index in [2.05, 4.69) is 158 Å². The highest BCUT2D eigenvalue weighted by molar-refractivity contribution is 6.22. The van der Waals surface area contributed by atoms with Crippen molar-refractivity contribution in [3.05, 3.63) is 157 Å². The van der Waals surface area contributed by atoms with Crippen molar-refractivity contribution < 1.29 is 2.85 Å². The third-order valence-corrected chi connectivity index (χ3v) is 9.00. The fourth-order valence-electron chi connectivity index (χ4n) is 7.08. The average molecular weight is 535 g/mol. The smallest absolute Gasteiger partial charge is 0 e. The molecule has 0 radical (unpaired) electrons. The molecule has 8 aromatic rings. The standard InChI is InChI=1S/C42H26.2H2/c1-2-9-32-26-33(23-16-27(32)8-1)42-38-13-5-3-11-36(38)41(37-12-4-6-14-39(37)42)31-19-17-28(18-20-31)34-25-24-30-22-21-29-10-7-15-35(34)40(29)30;;/h1-26H;2*1H. The normalized spacial score (nSPS) is 12.2. The quantitative estimate of drug-likeness (QED) is 0.198. The van der Waals surface area contributed by atoms with Gasteiger partial charge in [0.15, 0.2) is 0 Å². The van der Waals surface area contributed by atoms with Crippen LogP contribution in [0.1, 0.15) is 14.0 Å². The summed E-state index contributed by atoms with van der Waals surface area (Å²) in [5, 5.41) is 10.3. The van der Waals surface area contributed by atoms with E-state index < -0.39 is 0 Å². The first-order valence-corrected chi connectivity index (χ1v) is 14.6. The Balaban J connectivity index is 0.00000156. The second kappa shape index (κ2) is 9.03. The van der Waals surface area contributed by atoms with E-state index in [0.29, 0.717) is 0 Å². The summed E-state index contributed by atoms with van der Waals surface area (Å²) in [4.78, 5) is 0. The Morgan fingerprint density at radius 1 is 0.333 bits per heavy atom. The van der Waals surface area contributed by atoms with Crippen LogP contribution in [0.15, 0.2) is 146 Å². The van der Waals surface area contributed by atoms with Gasteiger partial charge in [-0.25, -0.2) is 0 Å². The van der Waals surface area contributed by atoms with Crippen molar-refractivity contribution in [3.8, 4) is 33.4 Å². The van der Waals surface area contributed by atoms with Crippen LogP contribution in [0.25, 0.3) is 88.6 Å². The van der Waals surface area contributed by atoms with E-state index in [1.807, 2.05) is 0 Å². The molecule has 0 amide bonds. The van der Waals surface area contributed by atoms with Gasteiger partial charge in [-0.2, -0.15) is 0 Å². The molecule has 0 nitrogen and oxygen atoms in total. The molecule has 198 valence electrons. The molecule has 0 fully saturated rings. The van der Waals surface area contributed by atoms with Crippen LogP contribution in [0, 0.1) is 0 Å². The van der Waals surface area contributed by atoms with Crippen molar-refractivity contribution in [2.45, 2.75) is 0 Å². The van der Waals surface area contributed by atoms with E-state index in [0.717, 1.165) is 0 Å². The molecule has 1 aliphatic carbocycles. The van der Waals surface area contributed by atoms with E-state index >= 15 is 0 Å². The van der Waals surface area contributed by atoms with Crippen molar-refractivity contribution in [3.63, 3.8) is 0 Å². The van der Waals surface area contributed by atoms with Gasteiger partial charge in [0.05, 0.1) is 0 Å². The summed E-state index contributed by atoms with van der Waals surface area (Å²) >= 11 is 0. The third-order valence-electron chi connectivity index (χ3n) is 9.00. The zero-order valence-corrected chi connectivity index (χ0v) is 23.0. The summed E-state index contributed by atoms with van der Waals surface area (Å²) in [6.45, 7) is 0. The monoisotopic (exact) mass is 534 g/mol. The molecular weight excluding hydrogens is 504 g/mol. The fourth-order valence-corrected chi connectivity index (χ4v) is 7.08. The molecule has 42 heavy (non-hydrogen) atoms. The van der Waals surface area contributed by atoms with Gasteiger partial charge >= 0.3 is 0 Å². The molecule has 0 aromatic heterocycles. The van der Waals surface area contributed by atoms with Crippen molar-refractivity contribution in [1.29, 1.82) is 0 Å². The van der Waals surface area contributed by atoms with Crippen LogP contribution in [0.4, 0.5) is 0 Å². The topological polar surface area (TPSA) is 0 Å². The lowest BCUT2D eigenvalue weighted by Gasteiger charge is -2.18. The van der Waals surface area contributed by atoms with Crippen LogP contribution in [-0.4, -0.2) is 0 Å². The van der Waals surface area contributed by atoms with Gasteiger partial charge in [0.25, 0.3) is 0 Å². The predicted octanol–water partition coefficient (Wildman–Crippen LogP) is 12.3. The lowest BCUT2D eigenvalue weighted by Crippen LogP contribution is -1.91. The number of fused-ring (bicyclic) bond motifs is 3. The van der Waals surface area contributed by atoms with Gasteiger partial charge in [-0.3, -0.25) is 0 Å². The van der Waals surface area contributed by atoms with E-state index in [9.17, 15) is 0 Å². The van der Waals surface area contributed by atoms with Crippen molar-refractivity contribution in [2.75, 3.05) is 0 Å². The van der Waals surface area contributed by atoms with Crippen molar-refractivity contribution >= 4 is 55.2 Å². The highest BCUT2D eigenvalue weighted by Gasteiger charge is 2.17. The van der Waals surface area contributed by atoms with Gasteiger partial charge in [0.2, 0.25) is 0 Å². The Labute approximate surface area is 247 Å². The lowest BCUT2D eigenvalue weighted by atomic mass is 9.85. The highest BCUT2D eigenvalue weighted by Crippen LogP contribution is 2.45. The maximum Gasteiger partial charge on any atom is 0 e. The van der Waals surface area contributed by atoms with Gasteiger partial charge in [-0.1, -0.05) is 152 Å². The largest absolute Gasteiger partial charge is 0.0616 e. The van der Waals surface area contributed by atoms with Gasteiger partial charge in [0, 0.05) is 2.85 Å². The van der Waals surface area contributed by atoms with Gasteiger partial charge < -0.3 is 0 Å². The first kappa shape index (κ1) is 23.3. The predicted molar refractivity (Wildman–Crippen MR) is 186 cm³/mol. The first-order chi connectivity index (χ1) is 20.8. The summed E-state index contributed by atoms with van der Waals surface area (Å²) in [6, 6.07) is 53.6. The van der Waals surface area contributed by atoms with Crippen LogP contribution in [0.3, 0.4) is 0 Å². The Morgan fingerprint density at radius 2 is 0.857 bits per heavy atom. The summed E-state index contributed by atoms with van der Waals surface area (Å²) in [6.07, 6.45) is 4.45. The summed E-state index contributed by atoms with van der Waals surface area (Å²) in [5.41, 5.74) is 10.2. The van der Waals surface area contributed by atoms with Gasteiger partial charge in [-0.05, 0) is 93.7 Å². The Kier molecular flexibility index (Phi) is 5.00. The molecule has 0 aliphatic heterocycles. The molecule has 0 unspecified atom stereocenters. The molecule has 0 bridgehead atoms. The molecule has 0 heteroatoms. The van der Waals surface area contributed by atoms with Crippen LogP contribution in [0.2, 0.25) is 0 Å². The van der Waals surface area contributed by atoms with E-state index in [4.69, 9.17) is 0 Å². The number of benzene rings is 8. The fraction of sp³-hybridized carbons (Fsp3) is 0. The number of hydrogen-bond donors (Lipinski definition) is 0. The summed E-state index contributed by atoms with van der Waals surface area (Å²) < 4.78 is 0. The third kappa shape index (κ3) is 3.42. The zero-order valence-electron chi connectivity index (χ0n) is 23.0. The summed E-state index contributed by atoms with van der Waals surface area (Å²) in [5.74, 6) is 0. The second-order valence-electron chi connectivity index (χ2n) is 11.3. The van der Waals surface area contributed by atoms with E-state index in [1.165, 1.54) is 87.6 Å². The van der Waals surface area contributed by atoms with Crippen molar-refractivity contribution in [1.82, 2.24) is 0 Å². The Morgan fingerprint density at radius 3 is 1.55 bits per heavy atom. The number of rotatable bonds is 3. The minimum absolute atomic E-state index is 0. The maximum absolute atomic E-state index is 2.34. The Bertz CT molecular complexity index is 2330. The molecule has 0 N–H and O–H groups in total. The number of hydrogen-bond acceptors (Lipinski definition) is 0. The minimum atomic E-state index is 0. The molecule has 0 saturated carbocycles. The van der Waals surface area contributed by atoms with Crippen molar-refractivity contribution in [2.24, 2.45) is 0 Å². The van der Waals surface area contributed by atoms with Crippen LogP contribution in [0.5, 0.6) is 0 Å². The molecule has 0 atom stereocenters.